The summed E-state index contributed by atoms with van der Waals surface area (Å²) < 4.78 is 39.1. The third kappa shape index (κ3) is 4.03. The van der Waals surface area contributed by atoms with Gasteiger partial charge in [-0.05, 0) is 81.2 Å². The zero-order valence-corrected chi connectivity index (χ0v) is 16.2. The van der Waals surface area contributed by atoms with Crippen molar-refractivity contribution in [2.24, 2.45) is 22.7 Å². The Labute approximate surface area is 163 Å². The predicted octanol–water partition coefficient (Wildman–Crippen LogP) is 6.61. The summed E-state index contributed by atoms with van der Waals surface area (Å²) in [4.78, 5) is 7.13. The van der Waals surface area contributed by atoms with E-state index in [0.29, 0.717) is 23.8 Å². The number of halogens is 4. The Morgan fingerprint density at radius 1 is 0.963 bits per heavy atom. The molecule has 0 radical (unpaired) electrons. The van der Waals surface area contributed by atoms with Crippen LogP contribution in [0.1, 0.15) is 45.4 Å². The van der Waals surface area contributed by atoms with Crippen LogP contribution in [0.15, 0.2) is 40.5 Å². The summed E-state index contributed by atoms with van der Waals surface area (Å²) in [6, 6.07) is 7.67. The van der Waals surface area contributed by atoms with Crippen molar-refractivity contribution >= 4 is 23.1 Å². The highest BCUT2D eigenvalue weighted by molar-refractivity contribution is 6.30. The molecule has 2 aliphatic carbocycles. The second-order valence-electron chi connectivity index (χ2n) is 8.01. The monoisotopic (exact) mass is 396 g/mol. The van der Waals surface area contributed by atoms with Gasteiger partial charge in [0.05, 0.1) is 5.92 Å². The van der Waals surface area contributed by atoms with Crippen molar-refractivity contribution in [3.8, 4) is 0 Å². The second kappa shape index (κ2) is 7.16. The quantitative estimate of drug-likeness (QED) is 0.561. The highest BCUT2D eigenvalue weighted by Crippen LogP contribution is 2.44. The smallest absolute Gasteiger partial charge is 0.325 e. The molecular formula is C21H24ClF3N2. The van der Waals surface area contributed by atoms with E-state index in [4.69, 9.17) is 16.6 Å². The third-order valence-corrected chi connectivity index (χ3v) is 6.37. The first-order valence-corrected chi connectivity index (χ1v) is 10.1. The van der Waals surface area contributed by atoms with Gasteiger partial charge in [-0.1, -0.05) is 11.6 Å². The van der Waals surface area contributed by atoms with E-state index in [1.807, 2.05) is 31.2 Å². The fraction of sp³-hybridized carbons (Fsp3) is 0.571. The molecule has 1 heterocycles. The average molecular weight is 397 g/mol. The lowest BCUT2D eigenvalue weighted by Gasteiger charge is -2.38. The molecule has 4 rings (SSSR count). The highest BCUT2D eigenvalue weighted by atomic mass is 35.5. The Hall–Kier alpha value is -1.49. The number of hydrogen-bond donors (Lipinski definition) is 0. The number of amidine groups is 1. The molecule has 146 valence electrons. The fourth-order valence-corrected chi connectivity index (χ4v) is 4.49. The van der Waals surface area contributed by atoms with Crippen LogP contribution in [0.4, 0.5) is 18.9 Å². The van der Waals surface area contributed by atoms with Crippen LogP contribution in [0.2, 0.25) is 5.02 Å². The molecule has 0 spiro atoms. The lowest BCUT2D eigenvalue weighted by molar-refractivity contribution is -0.182. The number of rotatable bonds is 3. The fourth-order valence-electron chi connectivity index (χ4n) is 4.36. The van der Waals surface area contributed by atoms with E-state index in [1.54, 1.807) is 0 Å². The molecule has 0 atom stereocenters. The van der Waals surface area contributed by atoms with Gasteiger partial charge in [0.1, 0.15) is 5.84 Å². The zero-order valence-electron chi connectivity index (χ0n) is 15.4. The first-order chi connectivity index (χ1) is 12.8. The maximum Gasteiger partial charge on any atom is 0.391 e. The zero-order chi connectivity index (χ0) is 19.2. The van der Waals surface area contributed by atoms with Crippen molar-refractivity contribution < 1.29 is 13.2 Å². The normalized spacial score (nSPS) is 27.0. The summed E-state index contributed by atoms with van der Waals surface area (Å²) in [6.07, 6.45) is -0.187. The van der Waals surface area contributed by atoms with Gasteiger partial charge in [-0.15, -0.1) is 0 Å². The topological polar surface area (TPSA) is 15.6 Å². The van der Waals surface area contributed by atoms with Crippen LogP contribution < -0.4 is 4.90 Å². The Balaban J connectivity index is 1.60. The summed E-state index contributed by atoms with van der Waals surface area (Å²) >= 11 is 6.04. The van der Waals surface area contributed by atoms with Crippen molar-refractivity contribution in [1.82, 2.24) is 0 Å². The molecule has 1 aromatic carbocycles. The number of aliphatic imine (C=N–C) groups is 1. The van der Waals surface area contributed by atoms with E-state index >= 15 is 0 Å². The molecule has 2 saturated carbocycles. The van der Waals surface area contributed by atoms with Crippen LogP contribution in [-0.2, 0) is 0 Å². The van der Waals surface area contributed by atoms with E-state index in [-0.39, 0.29) is 18.8 Å². The average Bonchev–Trinajstić information content (AvgIpc) is 3.47. The molecule has 2 fully saturated rings. The first kappa shape index (κ1) is 18.9. The Bertz CT molecular complexity index is 755. The van der Waals surface area contributed by atoms with Gasteiger partial charge in [0.2, 0.25) is 0 Å². The summed E-state index contributed by atoms with van der Waals surface area (Å²) in [5.41, 5.74) is 3.45. The van der Waals surface area contributed by atoms with Gasteiger partial charge in [-0.2, -0.15) is 13.2 Å². The largest absolute Gasteiger partial charge is 0.391 e. The summed E-state index contributed by atoms with van der Waals surface area (Å²) in [5.74, 6) is 0.460. The SMILES string of the molecule is CC1=C(C2CC2)CN(c2ccc(Cl)cc2)C(C2CCC(C(F)(F)F)CC2)=N1. The molecular weight excluding hydrogens is 373 g/mol. The Kier molecular flexibility index (Phi) is 5.00. The molecule has 0 saturated heterocycles. The van der Waals surface area contributed by atoms with E-state index < -0.39 is 12.1 Å². The molecule has 6 heteroatoms. The van der Waals surface area contributed by atoms with E-state index in [1.165, 1.54) is 18.4 Å². The molecule has 2 nitrogen and oxygen atoms in total. The Morgan fingerprint density at radius 2 is 1.56 bits per heavy atom. The van der Waals surface area contributed by atoms with Crippen LogP contribution in [0.25, 0.3) is 0 Å². The lowest BCUT2D eigenvalue weighted by Crippen LogP contribution is -2.42. The molecule has 27 heavy (non-hydrogen) atoms. The maximum absolute atomic E-state index is 13.0. The van der Waals surface area contributed by atoms with E-state index in [0.717, 1.165) is 23.8 Å². The van der Waals surface area contributed by atoms with E-state index in [2.05, 4.69) is 4.90 Å². The number of hydrogen-bond acceptors (Lipinski definition) is 2. The number of allylic oxidation sites excluding steroid dienone is 1. The van der Waals surface area contributed by atoms with Gasteiger partial charge in [0, 0.05) is 28.9 Å². The second-order valence-corrected chi connectivity index (χ2v) is 8.44. The molecule has 1 aromatic rings. The maximum atomic E-state index is 13.0. The van der Waals surface area contributed by atoms with Crippen LogP contribution in [0.3, 0.4) is 0 Å². The standard InChI is InChI=1S/C21H24ClF3N2/c1-13-19(14-2-3-14)12-27(18-10-8-17(22)9-11-18)20(26-13)15-4-6-16(7-5-15)21(23,24)25/h8-11,14-16H,2-7,12H2,1H3. The van der Waals surface area contributed by atoms with Gasteiger partial charge in [0.15, 0.2) is 0 Å². The van der Waals surface area contributed by atoms with E-state index in [9.17, 15) is 13.2 Å². The van der Waals surface area contributed by atoms with Crippen molar-refractivity contribution in [1.29, 1.82) is 0 Å². The molecule has 0 unspecified atom stereocenters. The molecule has 1 aliphatic heterocycles. The van der Waals surface area contributed by atoms with Crippen molar-refractivity contribution in [2.75, 3.05) is 11.4 Å². The van der Waals surface area contributed by atoms with Gasteiger partial charge < -0.3 is 4.90 Å². The summed E-state index contributed by atoms with van der Waals surface area (Å²) in [5, 5.41) is 0.675. The van der Waals surface area contributed by atoms with Crippen LogP contribution in [-0.4, -0.2) is 18.6 Å². The third-order valence-electron chi connectivity index (χ3n) is 6.12. The lowest BCUT2D eigenvalue weighted by atomic mass is 9.80. The Morgan fingerprint density at radius 3 is 2.11 bits per heavy atom. The van der Waals surface area contributed by atoms with Gasteiger partial charge in [-0.3, -0.25) is 0 Å². The molecule has 0 amide bonds. The van der Waals surface area contributed by atoms with Gasteiger partial charge >= 0.3 is 6.18 Å². The molecule has 0 bridgehead atoms. The van der Waals surface area contributed by atoms with Crippen molar-refractivity contribution in [3.63, 3.8) is 0 Å². The summed E-state index contributed by atoms with van der Waals surface area (Å²) in [6.45, 7) is 2.84. The number of nitrogens with zero attached hydrogens (tertiary/aromatic N) is 2. The van der Waals surface area contributed by atoms with Gasteiger partial charge in [0.25, 0.3) is 0 Å². The minimum atomic E-state index is -4.08. The molecule has 0 aromatic heterocycles. The first-order valence-electron chi connectivity index (χ1n) is 9.71. The number of alkyl halides is 3. The van der Waals surface area contributed by atoms with Crippen LogP contribution >= 0.6 is 11.6 Å². The number of benzene rings is 1. The van der Waals surface area contributed by atoms with Crippen molar-refractivity contribution in [3.05, 3.63) is 40.6 Å². The number of anilines is 1. The van der Waals surface area contributed by atoms with Crippen LogP contribution in [0.5, 0.6) is 0 Å². The minimum absolute atomic E-state index is 0.0787. The van der Waals surface area contributed by atoms with Crippen molar-refractivity contribution in [2.45, 2.75) is 51.6 Å². The summed E-state index contributed by atoms with van der Waals surface area (Å²) in [7, 11) is 0. The van der Waals surface area contributed by atoms with Crippen LogP contribution in [0, 0.1) is 17.8 Å². The highest BCUT2D eigenvalue weighted by Gasteiger charge is 2.43. The molecule has 3 aliphatic rings. The molecule has 0 N–H and O–H groups in total. The predicted molar refractivity (Wildman–Crippen MR) is 103 cm³/mol. The van der Waals surface area contributed by atoms with Gasteiger partial charge in [-0.25, -0.2) is 4.99 Å². The minimum Gasteiger partial charge on any atom is -0.325 e.